The number of nitriles is 1. The van der Waals surface area contributed by atoms with E-state index in [9.17, 15) is 4.39 Å². The van der Waals surface area contributed by atoms with Crippen LogP contribution in [0.3, 0.4) is 0 Å². The predicted octanol–water partition coefficient (Wildman–Crippen LogP) is 3.32. The fourth-order valence-corrected chi connectivity index (χ4v) is 1.67. The monoisotopic (exact) mass is 256 g/mol. The first-order valence-corrected chi connectivity index (χ1v) is 5.82. The molecule has 0 spiro atoms. The van der Waals surface area contributed by atoms with Crippen LogP contribution < -0.4 is 10.1 Å². The first kappa shape index (κ1) is 12.9. The van der Waals surface area contributed by atoms with Crippen molar-refractivity contribution in [1.82, 2.24) is 0 Å². The van der Waals surface area contributed by atoms with Gasteiger partial charge >= 0.3 is 0 Å². The van der Waals surface area contributed by atoms with E-state index >= 15 is 0 Å². The van der Waals surface area contributed by atoms with Gasteiger partial charge in [0, 0.05) is 18.3 Å². The third-order valence-electron chi connectivity index (χ3n) is 2.73. The van der Waals surface area contributed by atoms with Gasteiger partial charge in [0.2, 0.25) is 0 Å². The molecule has 2 aromatic carbocycles. The molecule has 0 saturated heterocycles. The number of benzene rings is 2. The molecule has 19 heavy (non-hydrogen) atoms. The van der Waals surface area contributed by atoms with E-state index in [1.807, 2.05) is 37.4 Å². The molecule has 0 aliphatic carbocycles. The quantitative estimate of drug-likeness (QED) is 0.912. The van der Waals surface area contributed by atoms with Crippen LogP contribution in [0.15, 0.2) is 42.5 Å². The Morgan fingerprint density at radius 3 is 2.58 bits per heavy atom. The van der Waals surface area contributed by atoms with Crippen molar-refractivity contribution >= 4 is 5.69 Å². The van der Waals surface area contributed by atoms with Gasteiger partial charge in [0.1, 0.15) is 18.2 Å². The molecule has 4 heteroatoms. The Morgan fingerprint density at radius 2 is 1.95 bits per heavy atom. The zero-order chi connectivity index (χ0) is 13.7. The molecular weight excluding hydrogens is 243 g/mol. The largest absolute Gasteiger partial charge is 0.489 e. The molecule has 0 fully saturated rings. The highest BCUT2D eigenvalue weighted by atomic mass is 19.1. The maximum Gasteiger partial charge on any atom is 0.123 e. The SMILES string of the molecule is CNc1ccc(OCc2cc(F)ccc2C#N)cc1. The van der Waals surface area contributed by atoms with Crippen molar-refractivity contribution in [2.24, 2.45) is 0 Å². The van der Waals surface area contributed by atoms with Gasteiger partial charge in [0.15, 0.2) is 0 Å². The van der Waals surface area contributed by atoms with Crippen LogP contribution in [0.4, 0.5) is 10.1 Å². The summed E-state index contributed by atoms with van der Waals surface area (Å²) in [5.41, 5.74) is 1.95. The third kappa shape index (κ3) is 3.23. The summed E-state index contributed by atoms with van der Waals surface area (Å²) >= 11 is 0. The molecule has 3 nitrogen and oxygen atoms in total. The molecule has 0 amide bonds. The lowest BCUT2D eigenvalue weighted by Gasteiger charge is -2.08. The summed E-state index contributed by atoms with van der Waals surface area (Å²) in [7, 11) is 1.84. The molecule has 0 aromatic heterocycles. The molecule has 0 radical (unpaired) electrons. The average Bonchev–Trinajstić information content (AvgIpc) is 2.46. The number of halogens is 1. The minimum Gasteiger partial charge on any atom is -0.489 e. The van der Waals surface area contributed by atoms with E-state index in [1.165, 1.54) is 18.2 Å². The molecule has 0 heterocycles. The summed E-state index contributed by atoms with van der Waals surface area (Å²) in [4.78, 5) is 0. The van der Waals surface area contributed by atoms with Gasteiger partial charge in [-0.2, -0.15) is 5.26 Å². The zero-order valence-electron chi connectivity index (χ0n) is 10.5. The van der Waals surface area contributed by atoms with E-state index < -0.39 is 0 Å². The van der Waals surface area contributed by atoms with E-state index in [0.717, 1.165) is 5.69 Å². The topological polar surface area (TPSA) is 45.0 Å². The van der Waals surface area contributed by atoms with Crippen LogP contribution in [0.5, 0.6) is 5.75 Å². The van der Waals surface area contributed by atoms with Crippen LogP contribution in [0.1, 0.15) is 11.1 Å². The fourth-order valence-electron chi connectivity index (χ4n) is 1.67. The minimum atomic E-state index is -0.372. The summed E-state index contributed by atoms with van der Waals surface area (Å²) in [5, 5.41) is 11.9. The Kier molecular flexibility index (Phi) is 3.99. The van der Waals surface area contributed by atoms with Crippen molar-refractivity contribution in [1.29, 1.82) is 5.26 Å². The Morgan fingerprint density at radius 1 is 1.21 bits per heavy atom. The number of anilines is 1. The zero-order valence-corrected chi connectivity index (χ0v) is 10.5. The molecule has 2 aromatic rings. The highest BCUT2D eigenvalue weighted by Crippen LogP contribution is 2.18. The molecule has 1 N–H and O–H groups in total. The maximum absolute atomic E-state index is 13.1. The van der Waals surface area contributed by atoms with E-state index in [2.05, 4.69) is 5.32 Å². The van der Waals surface area contributed by atoms with Crippen molar-refractivity contribution in [3.05, 3.63) is 59.4 Å². The number of ether oxygens (including phenoxy) is 1. The van der Waals surface area contributed by atoms with Gasteiger partial charge in [-0.25, -0.2) is 4.39 Å². The Labute approximate surface area is 111 Å². The van der Waals surface area contributed by atoms with Crippen molar-refractivity contribution in [3.63, 3.8) is 0 Å². The fraction of sp³-hybridized carbons (Fsp3) is 0.133. The summed E-state index contributed by atoms with van der Waals surface area (Å²) < 4.78 is 18.7. The molecule has 0 bridgehead atoms. The van der Waals surface area contributed by atoms with E-state index in [1.54, 1.807) is 0 Å². The summed E-state index contributed by atoms with van der Waals surface area (Å²) in [6, 6.07) is 13.5. The van der Waals surface area contributed by atoms with E-state index in [-0.39, 0.29) is 12.4 Å². The van der Waals surface area contributed by atoms with Gasteiger partial charge in [-0.3, -0.25) is 0 Å². The number of nitrogens with zero attached hydrogens (tertiary/aromatic N) is 1. The van der Waals surface area contributed by atoms with Gasteiger partial charge in [-0.1, -0.05) is 0 Å². The smallest absolute Gasteiger partial charge is 0.123 e. The van der Waals surface area contributed by atoms with Gasteiger partial charge in [-0.05, 0) is 42.5 Å². The Bertz CT molecular complexity index is 603. The number of nitrogens with one attached hydrogen (secondary N) is 1. The van der Waals surface area contributed by atoms with E-state index in [4.69, 9.17) is 10.00 Å². The first-order valence-electron chi connectivity index (χ1n) is 5.82. The molecule has 96 valence electrons. The standard InChI is InChI=1S/C15H13FN2O/c1-18-14-4-6-15(7-5-14)19-10-12-8-13(16)3-2-11(12)9-17/h2-8,18H,10H2,1H3. The number of hydrogen-bond donors (Lipinski definition) is 1. The van der Waals surface area contributed by atoms with Crippen LogP contribution in [0.2, 0.25) is 0 Å². The average molecular weight is 256 g/mol. The summed E-state index contributed by atoms with van der Waals surface area (Å²) in [6.45, 7) is 0.166. The van der Waals surface area contributed by atoms with Crippen LogP contribution in [-0.4, -0.2) is 7.05 Å². The lowest BCUT2D eigenvalue weighted by Crippen LogP contribution is -1.99. The van der Waals surface area contributed by atoms with Crippen LogP contribution >= 0.6 is 0 Å². The Balaban J connectivity index is 2.09. The molecule has 0 aliphatic heterocycles. The highest BCUT2D eigenvalue weighted by molar-refractivity contribution is 5.45. The predicted molar refractivity (Wildman–Crippen MR) is 71.4 cm³/mol. The second kappa shape index (κ2) is 5.87. The van der Waals surface area contributed by atoms with E-state index in [0.29, 0.717) is 16.9 Å². The molecule has 2 rings (SSSR count). The van der Waals surface area contributed by atoms with Crippen LogP contribution in [-0.2, 0) is 6.61 Å². The van der Waals surface area contributed by atoms with Crippen molar-refractivity contribution in [2.45, 2.75) is 6.61 Å². The second-order valence-electron chi connectivity index (χ2n) is 3.98. The lowest BCUT2D eigenvalue weighted by molar-refractivity contribution is 0.305. The maximum atomic E-state index is 13.1. The van der Waals surface area contributed by atoms with Gasteiger partial charge in [0.25, 0.3) is 0 Å². The summed E-state index contributed by atoms with van der Waals surface area (Å²) in [5.74, 6) is 0.301. The molecule has 0 saturated carbocycles. The van der Waals surface area contributed by atoms with Gasteiger partial charge < -0.3 is 10.1 Å². The van der Waals surface area contributed by atoms with Crippen LogP contribution in [0.25, 0.3) is 0 Å². The van der Waals surface area contributed by atoms with Crippen LogP contribution in [0, 0.1) is 17.1 Å². The second-order valence-corrected chi connectivity index (χ2v) is 3.98. The number of hydrogen-bond acceptors (Lipinski definition) is 3. The van der Waals surface area contributed by atoms with Crippen molar-refractivity contribution in [2.75, 3.05) is 12.4 Å². The molecule has 0 unspecified atom stereocenters. The normalized spacial score (nSPS) is 9.74. The van der Waals surface area contributed by atoms with Gasteiger partial charge in [0.05, 0.1) is 11.6 Å². The Hall–Kier alpha value is -2.54. The van der Waals surface area contributed by atoms with Crippen molar-refractivity contribution < 1.29 is 9.13 Å². The molecule has 0 atom stereocenters. The highest BCUT2D eigenvalue weighted by Gasteiger charge is 2.05. The first-order chi connectivity index (χ1) is 9.22. The lowest BCUT2D eigenvalue weighted by atomic mass is 10.1. The molecule has 0 aliphatic rings. The van der Waals surface area contributed by atoms with Crippen molar-refractivity contribution in [3.8, 4) is 11.8 Å². The third-order valence-corrected chi connectivity index (χ3v) is 2.73. The molecular formula is C15H13FN2O. The van der Waals surface area contributed by atoms with Gasteiger partial charge in [-0.15, -0.1) is 0 Å². The number of rotatable bonds is 4. The minimum absolute atomic E-state index is 0.166. The summed E-state index contributed by atoms with van der Waals surface area (Å²) in [6.07, 6.45) is 0.